The third kappa shape index (κ3) is 5.26. The Morgan fingerprint density at radius 1 is 1.04 bits per heavy atom. The van der Waals surface area contributed by atoms with E-state index in [2.05, 4.69) is 77.1 Å². The third-order valence-electron chi connectivity index (χ3n) is 5.63. The number of hydrogen-bond acceptors (Lipinski definition) is 2. The van der Waals surface area contributed by atoms with Crippen LogP contribution in [0.25, 0.3) is 0 Å². The highest BCUT2D eigenvalue weighted by atomic mass is 16.5. The van der Waals surface area contributed by atoms with Gasteiger partial charge in [-0.2, -0.15) is 0 Å². The van der Waals surface area contributed by atoms with E-state index in [-0.39, 0.29) is 29.3 Å². The van der Waals surface area contributed by atoms with Gasteiger partial charge in [-0.1, -0.05) is 81.4 Å². The Kier molecular flexibility index (Phi) is 6.61. The van der Waals surface area contributed by atoms with Gasteiger partial charge < -0.3 is 9.64 Å². The molecule has 148 valence electrons. The van der Waals surface area contributed by atoms with Gasteiger partial charge in [0.1, 0.15) is 7.85 Å². The summed E-state index contributed by atoms with van der Waals surface area (Å²) in [6.07, 6.45) is 1.45. The lowest BCUT2D eigenvalue weighted by atomic mass is 9.85. The Balaban J connectivity index is 1.70. The molecule has 1 heterocycles. The van der Waals surface area contributed by atoms with Crippen LogP contribution in [0.2, 0.25) is 0 Å². The summed E-state index contributed by atoms with van der Waals surface area (Å²) in [6, 6.07) is 21.1. The van der Waals surface area contributed by atoms with Crippen LogP contribution in [0.4, 0.5) is 0 Å². The molecule has 0 N–H and O–H groups in total. The number of benzene rings is 2. The number of morpholine rings is 1. The summed E-state index contributed by atoms with van der Waals surface area (Å²) in [7, 11) is 2.06. The van der Waals surface area contributed by atoms with E-state index in [1.165, 1.54) is 11.1 Å². The first-order valence-corrected chi connectivity index (χ1v) is 10.4. The Bertz CT molecular complexity index is 718. The lowest BCUT2D eigenvalue weighted by molar-refractivity contribution is -0.147. The maximum Gasteiger partial charge on any atom is 0.222 e. The quantitative estimate of drug-likeness (QED) is 0.742. The number of ether oxygens (including phenoxy) is 1. The van der Waals surface area contributed by atoms with Gasteiger partial charge in [0.05, 0.1) is 6.10 Å². The van der Waals surface area contributed by atoms with E-state index in [1.807, 2.05) is 17.0 Å². The summed E-state index contributed by atoms with van der Waals surface area (Å²) in [4.78, 5) is 15.1. The van der Waals surface area contributed by atoms with Crippen molar-refractivity contribution in [2.24, 2.45) is 5.41 Å². The average Bonchev–Trinajstić information content (AvgIpc) is 2.68. The summed E-state index contributed by atoms with van der Waals surface area (Å²) in [6.45, 7) is 7.92. The average molecular weight is 377 g/mol. The topological polar surface area (TPSA) is 29.5 Å². The Morgan fingerprint density at radius 2 is 1.57 bits per heavy atom. The van der Waals surface area contributed by atoms with Crippen LogP contribution in [0.5, 0.6) is 0 Å². The van der Waals surface area contributed by atoms with Crippen LogP contribution in [0.15, 0.2) is 60.7 Å². The van der Waals surface area contributed by atoms with Crippen molar-refractivity contribution >= 4 is 13.8 Å². The summed E-state index contributed by atoms with van der Waals surface area (Å²) < 4.78 is 6.10. The van der Waals surface area contributed by atoms with Crippen LogP contribution in [0.1, 0.15) is 50.7 Å². The summed E-state index contributed by atoms with van der Waals surface area (Å²) in [5.41, 5.74) is 2.57. The Labute approximate surface area is 170 Å². The number of nitrogens with zero attached hydrogens (tertiary/aromatic N) is 1. The van der Waals surface area contributed by atoms with Gasteiger partial charge in [-0.3, -0.25) is 4.79 Å². The number of carbonyl (C=O) groups is 1. The summed E-state index contributed by atoms with van der Waals surface area (Å²) in [5, 5.41) is 0. The smallest absolute Gasteiger partial charge is 0.222 e. The molecule has 2 aromatic carbocycles. The summed E-state index contributed by atoms with van der Waals surface area (Å²) in [5.74, 6) is 0.476. The molecule has 2 unspecified atom stereocenters. The van der Waals surface area contributed by atoms with Crippen molar-refractivity contribution in [1.29, 1.82) is 0 Å². The van der Waals surface area contributed by atoms with Gasteiger partial charge in [-0.15, -0.1) is 0 Å². The van der Waals surface area contributed by atoms with Crippen LogP contribution < -0.4 is 0 Å². The van der Waals surface area contributed by atoms with Crippen LogP contribution in [-0.4, -0.2) is 43.9 Å². The molecule has 0 bridgehead atoms. The molecule has 0 saturated carbocycles. The molecule has 1 aliphatic heterocycles. The number of carbonyl (C=O) groups excluding carboxylic acids is 1. The van der Waals surface area contributed by atoms with Gasteiger partial charge in [-0.25, -0.2) is 0 Å². The van der Waals surface area contributed by atoms with E-state index in [0.29, 0.717) is 19.5 Å². The monoisotopic (exact) mass is 377 g/mol. The maximum atomic E-state index is 13.1. The van der Waals surface area contributed by atoms with Crippen molar-refractivity contribution in [2.75, 3.05) is 13.1 Å². The van der Waals surface area contributed by atoms with Gasteiger partial charge in [0.15, 0.2) is 0 Å². The number of rotatable bonds is 5. The minimum Gasteiger partial charge on any atom is -0.380 e. The lowest BCUT2D eigenvalue weighted by Crippen LogP contribution is -2.54. The molecular weight excluding hydrogens is 345 g/mol. The molecule has 3 nitrogen and oxygen atoms in total. The van der Waals surface area contributed by atoms with Crippen LogP contribution in [0.3, 0.4) is 0 Å². The highest BCUT2D eigenvalue weighted by Crippen LogP contribution is 2.31. The number of amides is 1. The van der Waals surface area contributed by atoms with Crippen molar-refractivity contribution in [3.8, 4) is 0 Å². The first kappa shape index (κ1) is 20.7. The fourth-order valence-electron chi connectivity index (χ4n) is 3.96. The molecule has 4 heteroatoms. The van der Waals surface area contributed by atoms with Crippen LogP contribution in [-0.2, 0) is 9.53 Å². The zero-order valence-electron chi connectivity index (χ0n) is 17.6. The highest BCUT2D eigenvalue weighted by molar-refractivity contribution is 6.11. The standard InChI is InChI=1S/C24H32BNO2/c1-24(2,3)21-16-26(17-22(25)28-21)23(27)15-14-20(18-10-6-4-7-11-18)19-12-8-5-9-13-19/h4-13,20-22H,14-17,25H2,1-3H3. The molecule has 0 radical (unpaired) electrons. The zero-order valence-corrected chi connectivity index (χ0v) is 17.6. The highest BCUT2D eigenvalue weighted by Gasteiger charge is 2.35. The van der Waals surface area contributed by atoms with E-state index in [0.717, 1.165) is 6.42 Å². The Hall–Kier alpha value is -2.07. The summed E-state index contributed by atoms with van der Waals surface area (Å²) >= 11 is 0. The minimum atomic E-state index is 0.0316. The van der Waals surface area contributed by atoms with E-state index in [4.69, 9.17) is 4.74 Å². The van der Waals surface area contributed by atoms with Crippen molar-refractivity contribution in [2.45, 2.75) is 51.6 Å². The SMILES string of the molecule is BC1CN(C(=O)CCC(c2ccccc2)c2ccccc2)CC(C(C)(C)C)O1. The lowest BCUT2D eigenvalue weighted by Gasteiger charge is -2.42. The maximum absolute atomic E-state index is 13.1. The molecular formula is C24H32BNO2. The van der Waals surface area contributed by atoms with Gasteiger partial charge in [-0.05, 0) is 23.0 Å². The molecule has 1 aliphatic rings. The second-order valence-electron chi connectivity index (χ2n) is 9.01. The molecule has 2 aromatic rings. The zero-order chi connectivity index (χ0) is 20.1. The first-order chi connectivity index (χ1) is 13.3. The van der Waals surface area contributed by atoms with E-state index in [1.54, 1.807) is 0 Å². The van der Waals surface area contributed by atoms with Crippen molar-refractivity contribution in [3.05, 3.63) is 71.8 Å². The molecule has 0 spiro atoms. The van der Waals surface area contributed by atoms with Gasteiger partial charge >= 0.3 is 0 Å². The second kappa shape index (κ2) is 8.96. The molecule has 28 heavy (non-hydrogen) atoms. The predicted octanol–water partition coefficient (Wildman–Crippen LogP) is 3.83. The van der Waals surface area contributed by atoms with E-state index in [9.17, 15) is 4.79 Å². The van der Waals surface area contributed by atoms with E-state index >= 15 is 0 Å². The fraction of sp³-hybridized carbons (Fsp3) is 0.458. The van der Waals surface area contributed by atoms with Gasteiger partial charge in [0.2, 0.25) is 5.91 Å². The molecule has 2 atom stereocenters. The van der Waals surface area contributed by atoms with Crippen molar-refractivity contribution < 1.29 is 9.53 Å². The molecule has 0 aromatic heterocycles. The van der Waals surface area contributed by atoms with Crippen LogP contribution in [0, 0.1) is 5.41 Å². The normalized spacial score (nSPS) is 20.4. The molecule has 1 amide bonds. The number of hydrogen-bond donors (Lipinski definition) is 0. The predicted molar refractivity (Wildman–Crippen MR) is 117 cm³/mol. The van der Waals surface area contributed by atoms with Crippen molar-refractivity contribution in [3.63, 3.8) is 0 Å². The first-order valence-electron chi connectivity index (χ1n) is 10.4. The van der Waals surface area contributed by atoms with Gasteiger partial charge in [0.25, 0.3) is 0 Å². The van der Waals surface area contributed by atoms with E-state index < -0.39 is 0 Å². The molecule has 1 saturated heterocycles. The third-order valence-corrected chi connectivity index (χ3v) is 5.63. The molecule has 1 fully saturated rings. The molecule has 0 aliphatic carbocycles. The van der Waals surface area contributed by atoms with Crippen molar-refractivity contribution in [1.82, 2.24) is 4.90 Å². The largest absolute Gasteiger partial charge is 0.380 e. The second-order valence-corrected chi connectivity index (χ2v) is 9.01. The fourth-order valence-corrected chi connectivity index (χ4v) is 3.96. The Morgan fingerprint density at radius 3 is 2.07 bits per heavy atom. The molecule has 3 rings (SSSR count). The minimum absolute atomic E-state index is 0.0316. The van der Waals surface area contributed by atoms with Gasteiger partial charge in [0, 0.05) is 31.4 Å². The van der Waals surface area contributed by atoms with Crippen LogP contribution >= 0.6 is 0 Å².